The van der Waals surface area contributed by atoms with Gasteiger partial charge in [0.05, 0.1) is 19.6 Å². The van der Waals surface area contributed by atoms with Gasteiger partial charge in [-0.3, -0.25) is 14.4 Å². The lowest BCUT2D eigenvalue weighted by molar-refractivity contribution is -0.145. The van der Waals surface area contributed by atoms with E-state index in [1.165, 1.54) is 4.90 Å². The maximum absolute atomic E-state index is 11.5. The number of hydrogen-bond donors (Lipinski definition) is 1. The SMILES string of the molecule is CCOC(=O)CCC(=O)N(CC)CC(N)=O. The average Bonchev–Trinajstić information content (AvgIpc) is 2.22. The average molecular weight is 230 g/mol. The number of nitrogens with two attached hydrogens (primary N) is 1. The van der Waals surface area contributed by atoms with E-state index >= 15 is 0 Å². The van der Waals surface area contributed by atoms with Gasteiger partial charge in [-0.15, -0.1) is 0 Å². The molecular formula is C10H18N2O4. The molecule has 0 aliphatic carbocycles. The molecule has 0 aromatic carbocycles. The van der Waals surface area contributed by atoms with E-state index < -0.39 is 11.9 Å². The number of ether oxygens (including phenoxy) is 1. The molecule has 0 fully saturated rings. The van der Waals surface area contributed by atoms with Crippen molar-refractivity contribution in [1.29, 1.82) is 0 Å². The molecule has 0 saturated heterocycles. The Kier molecular flexibility index (Phi) is 6.91. The normalized spacial score (nSPS) is 9.62. The standard InChI is InChI=1S/C10H18N2O4/c1-3-12(7-8(11)13)9(14)5-6-10(15)16-4-2/h3-7H2,1-2H3,(H2,11,13). The Bertz CT molecular complexity index is 266. The summed E-state index contributed by atoms with van der Waals surface area (Å²) in [5.74, 6) is -1.24. The third kappa shape index (κ3) is 6.00. The Hall–Kier alpha value is -1.59. The molecule has 0 heterocycles. The number of hydrogen-bond acceptors (Lipinski definition) is 4. The van der Waals surface area contributed by atoms with Crippen molar-refractivity contribution < 1.29 is 19.1 Å². The first-order valence-corrected chi connectivity index (χ1v) is 5.22. The molecule has 0 bridgehead atoms. The molecule has 0 aromatic heterocycles. The molecule has 0 unspecified atom stereocenters. The lowest BCUT2D eigenvalue weighted by atomic mass is 10.2. The lowest BCUT2D eigenvalue weighted by Gasteiger charge is -2.18. The second-order valence-electron chi connectivity index (χ2n) is 3.18. The number of carbonyl (C=O) groups excluding carboxylic acids is 3. The first-order chi connectivity index (χ1) is 7.51. The van der Waals surface area contributed by atoms with E-state index in [9.17, 15) is 14.4 Å². The van der Waals surface area contributed by atoms with Crippen LogP contribution in [0.1, 0.15) is 26.7 Å². The van der Waals surface area contributed by atoms with E-state index in [1.807, 2.05) is 0 Å². The van der Waals surface area contributed by atoms with E-state index in [0.29, 0.717) is 13.2 Å². The molecule has 0 aromatic rings. The number of nitrogens with zero attached hydrogens (tertiary/aromatic N) is 1. The van der Waals surface area contributed by atoms with Crippen LogP contribution in [0.3, 0.4) is 0 Å². The summed E-state index contributed by atoms with van der Waals surface area (Å²) >= 11 is 0. The molecule has 0 atom stereocenters. The van der Waals surface area contributed by atoms with Crippen molar-refractivity contribution in [1.82, 2.24) is 4.90 Å². The zero-order chi connectivity index (χ0) is 12.6. The molecule has 6 nitrogen and oxygen atoms in total. The molecule has 92 valence electrons. The van der Waals surface area contributed by atoms with E-state index in [-0.39, 0.29) is 25.3 Å². The fourth-order valence-corrected chi connectivity index (χ4v) is 1.16. The zero-order valence-electron chi connectivity index (χ0n) is 9.69. The van der Waals surface area contributed by atoms with Crippen molar-refractivity contribution in [2.24, 2.45) is 5.73 Å². The highest BCUT2D eigenvalue weighted by atomic mass is 16.5. The second-order valence-corrected chi connectivity index (χ2v) is 3.18. The molecule has 0 rings (SSSR count). The van der Waals surface area contributed by atoms with Gasteiger partial charge < -0.3 is 15.4 Å². The minimum atomic E-state index is -0.564. The monoisotopic (exact) mass is 230 g/mol. The maximum atomic E-state index is 11.5. The predicted molar refractivity (Wildman–Crippen MR) is 57.3 cm³/mol. The largest absolute Gasteiger partial charge is 0.466 e. The van der Waals surface area contributed by atoms with E-state index in [2.05, 4.69) is 4.74 Å². The van der Waals surface area contributed by atoms with Gasteiger partial charge in [0.1, 0.15) is 0 Å². The van der Waals surface area contributed by atoms with Gasteiger partial charge in [-0.2, -0.15) is 0 Å². The number of rotatable bonds is 7. The minimum absolute atomic E-state index is 0.0297. The van der Waals surface area contributed by atoms with Gasteiger partial charge in [-0.1, -0.05) is 0 Å². The summed E-state index contributed by atoms with van der Waals surface area (Å²) in [4.78, 5) is 34.5. The Morgan fingerprint density at radius 1 is 1.19 bits per heavy atom. The number of likely N-dealkylation sites (N-methyl/N-ethyl adjacent to an activating group) is 1. The van der Waals surface area contributed by atoms with Crippen LogP contribution in [0, 0.1) is 0 Å². The Morgan fingerprint density at radius 2 is 1.81 bits per heavy atom. The minimum Gasteiger partial charge on any atom is -0.466 e. The number of esters is 1. The highest BCUT2D eigenvalue weighted by molar-refractivity contribution is 5.85. The lowest BCUT2D eigenvalue weighted by Crippen LogP contribution is -2.38. The van der Waals surface area contributed by atoms with Crippen LogP contribution in [0.4, 0.5) is 0 Å². The maximum Gasteiger partial charge on any atom is 0.306 e. The van der Waals surface area contributed by atoms with Crippen LogP contribution in [0.15, 0.2) is 0 Å². The summed E-state index contributed by atoms with van der Waals surface area (Å²) < 4.78 is 4.69. The quantitative estimate of drug-likeness (QED) is 0.606. The van der Waals surface area contributed by atoms with Gasteiger partial charge >= 0.3 is 5.97 Å². The van der Waals surface area contributed by atoms with Crippen LogP contribution < -0.4 is 5.73 Å². The van der Waals surface area contributed by atoms with Crippen molar-refractivity contribution in [3.8, 4) is 0 Å². The van der Waals surface area contributed by atoms with Gasteiger partial charge in [-0.25, -0.2) is 0 Å². The van der Waals surface area contributed by atoms with E-state index in [0.717, 1.165) is 0 Å². The van der Waals surface area contributed by atoms with Crippen LogP contribution in [0.25, 0.3) is 0 Å². The molecule has 0 aliphatic rings. The van der Waals surface area contributed by atoms with Gasteiger partial charge in [-0.05, 0) is 13.8 Å². The van der Waals surface area contributed by atoms with Crippen LogP contribution in [-0.2, 0) is 19.1 Å². The fourth-order valence-electron chi connectivity index (χ4n) is 1.16. The van der Waals surface area contributed by atoms with Crippen molar-refractivity contribution in [2.75, 3.05) is 19.7 Å². The highest BCUT2D eigenvalue weighted by Gasteiger charge is 2.15. The number of carbonyl (C=O) groups is 3. The number of primary amides is 1. The van der Waals surface area contributed by atoms with E-state index in [4.69, 9.17) is 5.73 Å². The molecule has 2 amide bonds. The highest BCUT2D eigenvalue weighted by Crippen LogP contribution is 1.99. The van der Waals surface area contributed by atoms with Gasteiger partial charge in [0, 0.05) is 13.0 Å². The third-order valence-corrected chi connectivity index (χ3v) is 1.93. The van der Waals surface area contributed by atoms with Crippen molar-refractivity contribution in [3.63, 3.8) is 0 Å². The van der Waals surface area contributed by atoms with E-state index in [1.54, 1.807) is 13.8 Å². The first-order valence-electron chi connectivity index (χ1n) is 5.22. The molecule has 0 aliphatic heterocycles. The molecule has 6 heteroatoms. The molecular weight excluding hydrogens is 212 g/mol. The van der Waals surface area contributed by atoms with Gasteiger partial charge in [0.2, 0.25) is 11.8 Å². The van der Waals surface area contributed by atoms with Crippen LogP contribution in [0.2, 0.25) is 0 Å². The zero-order valence-corrected chi connectivity index (χ0v) is 9.69. The molecule has 2 N–H and O–H groups in total. The summed E-state index contributed by atoms with van der Waals surface area (Å²) in [6.45, 7) is 4.02. The molecule has 0 radical (unpaired) electrons. The summed E-state index contributed by atoms with van der Waals surface area (Å²) in [6, 6.07) is 0. The summed E-state index contributed by atoms with van der Waals surface area (Å²) in [5, 5.41) is 0. The van der Waals surface area contributed by atoms with Crippen molar-refractivity contribution >= 4 is 17.8 Å². The molecule has 0 saturated carbocycles. The summed E-state index contributed by atoms with van der Waals surface area (Å²) in [7, 11) is 0. The Labute approximate surface area is 94.7 Å². The summed E-state index contributed by atoms with van der Waals surface area (Å²) in [5.41, 5.74) is 4.99. The topological polar surface area (TPSA) is 89.7 Å². The first kappa shape index (κ1) is 14.4. The van der Waals surface area contributed by atoms with Crippen LogP contribution in [-0.4, -0.2) is 42.4 Å². The van der Waals surface area contributed by atoms with Crippen LogP contribution >= 0.6 is 0 Å². The van der Waals surface area contributed by atoms with Gasteiger partial charge in [0.15, 0.2) is 0 Å². The number of amides is 2. The van der Waals surface area contributed by atoms with Crippen molar-refractivity contribution in [3.05, 3.63) is 0 Å². The predicted octanol–water partition coefficient (Wildman–Crippen LogP) is -0.336. The third-order valence-electron chi connectivity index (χ3n) is 1.93. The smallest absolute Gasteiger partial charge is 0.306 e. The summed E-state index contributed by atoms with van der Waals surface area (Å²) in [6.07, 6.45) is 0.0713. The fraction of sp³-hybridized carbons (Fsp3) is 0.700. The Balaban J connectivity index is 4.02. The molecule has 16 heavy (non-hydrogen) atoms. The van der Waals surface area contributed by atoms with Crippen molar-refractivity contribution in [2.45, 2.75) is 26.7 Å². The second kappa shape index (κ2) is 7.67. The van der Waals surface area contributed by atoms with Crippen LogP contribution in [0.5, 0.6) is 0 Å². The molecule has 0 spiro atoms. The Morgan fingerprint density at radius 3 is 2.25 bits per heavy atom. The van der Waals surface area contributed by atoms with Gasteiger partial charge in [0.25, 0.3) is 0 Å².